The lowest BCUT2D eigenvalue weighted by atomic mass is 9.47. The monoisotopic (exact) mass is 1090 g/mol. The Morgan fingerprint density at radius 1 is 0.577 bits per heavy atom. The lowest BCUT2D eigenvalue weighted by Gasteiger charge is -2.58. The lowest BCUT2D eigenvalue weighted by molar-refractivity contribution is -0.152. The molecule has 3 fully saturated rings. The maximum absolute atomic E-state index is 13.0. The number of ether oxygens (including phenoxy) is 3. The molecule has 0 spiro atoms. The van der Waals surface area contributed by atoms with Crippen LogP contribution in [0.1, 0.15) is 318 Å². The van der Waals surface area contributed by atoms with Crippen molar-refractivity contribution in [2.24, 2.45) is 52.3 Å². The number of esters is 3. The smallest absolute Gasteiger partial charge is 0.306 e. The van der Waals surface area contributed by atoms with Gasteiger partial charge < -0.3 is 24.2 Å². The lowest BCUT2D eigenvalue weighted by Crippen LogP contribution is -2.51. The number of hydrogen-bond acceptors (Lipinski definition) is 8. The molecule has 0 aliphatic heterocycles. The number of hydrogen-bond donors (Lipinski definition) is 1. The summed E-state index contributed by atoms with van der Waals surface area (Å²) in [5.74, 6) is 5.42. The van der Waals surface area contributed by atoms with Crippen molar-refractivity contribution in [2.45, 2.75) is 324 Å². The average molecular weight is 1090 g/mol. The highest BCUT2D eigenvalue weighted by molar-refractivity contribution is 5.70. The Balaban J connectivity index is 0.961. The van der Waals surface area contributed by atoms with Crippen LogP contribution in [0.15, 0.2) is 11.6 Å². The van der Waals surface area contributed by atoms with E-state index < -0.39 is 0 Å². The molecular formula is C70H127NO7. The molecule has 0 bridgehead atoms. The SMILES string of the molecule is CCCCCCCCC(CCCCCC)COC(=O)CCCCCN(CCCCO)CCCCCCCCCOC(=O)CCCCCCC(=O)O[C@H]1CC[C@@]2(C)C(=CC[C@H]3[C@@H]4CC[C@H](C(C)CCCC(C)C)[C@@]4(C)CC[C@@H]32)C1. The van der Waals surface area contributed by atoms with Gasteiger partial charge in [0, 0.05) is 32.3 Å². The molecule has 0 heterocycles. The van der Waals surface area contributed by atoms with Crippen molar-refractivity contribution < 1.29 is 33.7 Å². The minimum absolute atomic E-state index is 0.0111. The van der Waals surface area contributed by atoms with Gasteiger partial charge in [0.25, 0.3) is 0 Å². The van der Waals surface area contributed by atoms with Gasteiger partial charge in [0.2, 0.25) is 0 Å². The minimum Gasteiger partial charge on any atom is -0.466 e. The van der Waals surface area contributed by atoms with E-state index in [0.29, 0.717) is 43.8 Å². The molecule has 8 heteroatoms. The van der Waals surface area contributed by atoms with Gasteiger partial charge in [-0.3, -0.25) is 14.4 Å². The Hall–Kier alpha value is -1.93. The van der Waals surface area contributed by atoms with Gasteiger partial charge in [-0.15, -0.1) is 0 Å². The predicted molar refractivity (Wildman–Crippen MR) is 326 cm³/mol. The summed E-state index contributed by atoms with van der Waals surface area (Å²) in [4.78, 5) is 40.7. The maximum atomic E-state index is 13.0. The Kier molecular flexibility index (Phi) is 35.4. The second-order valence-corrected chi connectivity index (χ2v) is 27.3. The van der Waals surface area contributed by atoms with Crippen LogP contribution < -0.4 is 0 Å². The third kappa shape index (κ3) is 25.7. The first-order valence-corrected chi connectivity index (χ1v) is 34.4. The number of carbonyl (C=O) groups excluding carboxylic acids is 3. The van der Waals surface area contributed by atoms with Gasteiger partial charge in [0.05, 0.1) is 13.2 Å². The van der Waals surface area contributed by atoms with Crippen molar-refractivity contribution in [3.63, 3.8) is 0 Å². The zero-order chi connectivity index (χ0) is 56.3. The zero-order valence-electron chi connectivity index (χ0n) is 52.5. The van der Waals surface area contributed by atoms with Crippen LogP contribution in [0.2, 0.25) is 0 Å². The number of unbranched alkanes of at least 4 members (excludes halogenated alkanes) is 20. The molecule has 4 aliphatic carbocycles. The van der Waals surface area contributed by atoms with Crippen LogP contribution in [0.4, 0.5) is 0 Å². The van der Waals surface area contributed by atoms with Crippen LogP contribution >= 0.6 is 0 Å². The van der Waals surface area contributed by atoms with E-state index in [4.69, 9.17) is 14.2 Å². The molecule has 1 N–H and O–H groups in total. The van der Waals surface area contributed by atoms with E-state index in [9.17, 15) is 19.5 Å². The minimum atomic E-state index is -0.0873. The summed E-state index contributed by atoms with van der Waals surface area (Å²) < 4.78 is 17.6. The molecule has 0 saturated heterocycles. The second-order valence-electron chi connectivity index (χ2n) is 27.3. The third-order valence-electron chi connectivity index (χ3n) is 20.6. The number of aliphatic hydroxyl groups is 1. The third-order valence-corrected chi connectivity index (χ3v) is 20.6. The second kappa shape index (κ2) is 40.3. The maximum Gasteiger partial charge on any atom is 0.306 e. The number of carbonyl (C=O) groups is 3. The molecule has 3 saturated carbocycles. The summed E-state index contributed by atoms with van der Waals surface area (Å²) in [5, 5.41) is 9.37. The molecule has 4 rings (SSSR count). The summed E-state index contributed by atoms with van der Waals surface area (Å²) >= 11 is 0. The highest BCUT2D eigenvalue weighted by atomic mass is 16.5. The Bertz CT molecular complexity index is 1610. The first-order valence-electron chi connectivity index (χ1n) is 34.4. The normalized spacial score (nSPS) is 24.6. The molecule has 0 aromatic heterocycles. The molecule has 2 unspecified atom stereocenters. The van der Waals surface area contributed by atoms with E-state index in [1.165, 1.54) is 161 Å². The van der Waals surface area contributed by atoms with Gasteiger partial charge >= 0.3 is 17.9 Å². The fourth-order valence-electron chi connectivity index (χ4n) is 15.7. The van der Waals surface area contributed by atoms with Crippen LogP contribution in [0.5, 0.6) is 0 Å². The van der Waals surface area contributed by atoms with E-state index in [-0.39, 0.29) is 36.0 Å². The number of rotatable bonds is 47. The first kappa shape index (κ1) is 68.6. The molecule has 9 atom stereocenters. The molecule has 8 nitrogen and oxygen atoms in total. The van der Waals surface area contributed by atoms with Crippen molar-refractivity contribution >= 4 is 17.9 Å². The topological polar surface area (TPSA) is 102 Å². The molecular weight excluding hydrogens is 967 g/mol. The van der Waals surface area contributed by atoms with Crippen LogP contribution in [0, 0.1) is 52.3 Å². The molecule has 454 valence electrons. The van der Waals surface area contributed by atoms with Gasteiger partial charge in [0.1, 0.15) is 6.10 Å². The number of fused-ring (bicyclic) bond motifs is 5. The van der Waals surface area contributed by atoms with Crippen LogP contribution in [0.25, 0.3) is 0 Å². The van der Waals surface area contributed by atoms with Gasteiger partial charge in [0.15, 0.2) is 0 Å². The summed E-state index contributed by atoms with van der Waals surface area (Å²) in [6.45, 7) is 21.7. The highest BCUT2D eigenvalue weighted by Gasteiger charge is 2.59. The van der Waals surface area contributed by atoms with E-state index in [2.05, 4.69) is 59.4 Å². The van der Waals surface area contributed by atoms with E-state index >= 15 is 0 Å². The summed E-state index contributed by atoms with van der Waals surface area (Å²) in [5.41, 5.74) is 2.38. The van der Waals surface area contributed by atoms with Gasteiger partial charge in [-0.05, 0) is 181 Å². The van der Waals surface area contributed by atoms with Crippen LogP contribution in [-0.4, -0.2) is 73.5 Å². The summed E-state index contributed by atoms with van der Waals surface area (Å²) in [7, 11) is 0. The molecule has 0 aromatic carbocycles. The predicted octanol–water partition coefficient (Wildman–Crippen LogP) is 19.1. The Morgan fingerprint density at radius 3 is 1.77 bits per heavy atom. The molecule has 0 amide bonds. The van der Waals surface area contributed by atoms with Crippen LogP contribution in [0.3, 0.4) is 0 Å². The quantitative estimate of drug-likeness (QED) is 0.0278. The Morgan fingerprint density at radius 2 is 1.13 bits per heavy atom. The van der Waals surface area contributed by atoms with Gasteiger partial charge in [-0.1, -0.05) is 195 Å². The molecule has 78 heavy (non-hydrogen) atoms. The van der Waals surface area contributed by atoms with Crippen molar-refractivity contribution in [1.29, 1.82) is 0 Å². The van der Waals surface area contributed by atoms with Gasteiger partial charge in [-0.2, -0.15) is 0 Å². The van der Waals surface area contributed by atoms with Crippen molar-refractivity contribution in [3.8, 4) is 0 Å². The van der Waals surface area contributed by atoms with E-state index in [1.54, 1.807) is 5.57 Å². The van der Waals surface area contributed by atoms with Crippen molar-refractivity contribution in [2.75, 3.05) is 39.5 Å². The van der Waals surface area contributed by atoms with Crippen molar-refractivity contribution in [3.05, 3.63) is 11.6 Å². The van der Waals surface area contributed by atoms with E-state index in [0.717, 1.165) is 145 Å². The molecule has 0 radical (unpaired) electrons. The summed E-state index contributed by atoms with van der Waals surface area (Å²) in [6, 6.07) is 0. The highest BCUT2D eigenvalue weighted by Crippen LogP contribution is 2.67. The molecule has 0 aromatic rings. The first-order chi connectivity index (χ1) is 37.8. The number of nitrogens with zero attached hydrogens (tertiary/aromatic N) is 1. The summed E-state index contributed by atoms with van der Waals surface area (Å²) in [6.07, 6.45) is 50.2. The van der Waals surface area contributed by atoms with Gasteiger partial charge in [-0.25, -0.2) is 0 Å². The van der Waals surface area contributed by atoms with Crippen molar-refractivity contribution in [1.82, 2.24) is 4.90 Å². The Labute approximate surface area is 482 Å². The molecule has 4 aliphatic rings. The average Bonchev–Trinajstić information content (AvgIpc) is 3.78. The fourth-order valence-corrected chi connectivity index (χ4v) is 15.7. The van der Waals surface area contributed by atoms with Crippen LogP contribution in [-0.2, 0) is 28.6 Å². The van der Waals surface area contributed by atoms with E-state index in [1.807, 2.05) is 0 Å². The number of allylic oxidation sites excluding steroid dienone is 1. The standard InChI is InChI=1S/C70H127NO7/c1-8-10-12-14-18-25-38-59(37-24-13-11-9-2)56-77-67(74)40-28-23-30-51-71(52-31-32-53-72)50-29-21-16-15-17-22-33-54-76-66(73)39-26-19-20-27-41-68(75)78-61-46-48-69(6)60(55-61)42-43-62-64-45-44-63(58(5)36-34-35-57(3)4)70(64,7)49-47-65(62)69/h42,57-59,61-65,72H,8-41,43-56H2,1-7H3/t58?,59?,61-,62-,63+,64-,65-,69-,70+/m0/s1. The zero-order valence-corrected chi connectivity index (χ0v) is 52.5. The number of aliphatic hydroxyl groups excluding tert-OH is 1. The largest absolute Gasteiger partial charge is 0.466 e. The fraction of sp³-hybridized carbons (Fsp3) is 0.929.